The number of nitrogens with zero attached hydrogens (tertiary/aromatic N) is 2. The molecule has 23 heavy (non-hydrogen) atoms. The largest absolute Gasteiger partial charge is 0.494 e. The molecule has 1 fully saturated rings. The van der Waals surface area contributed by atoms with E-state index in [0.29, 0.717) is 17.9 Å². The van der Waals surface area contributed by atoms with E-state index in [1.54, 1.807) is 18.2 Å². The van der Waals surface area contributed by atoms with E-state index in [4.69, 9.17) is 10.00 Å². The number of sulfone groups is 1. The number of rotatable bonds is 7. The summed E-state index contributed by atoms with van der Waals surface area (Å²) in [5.41, 5.74) is 0.585. The molecular weight excluding hydrogens is 312 g/mol. The molecule has 1 aliphatic carbocycles. The first-order valence-corrected chi connectivity index (χ1v) is 9.89. The Morgan fingerprint density at radius 3 is 2.87 bits per heavy atom. The van der Waals surface area contributed by atoms with Crippen molar-refractivity contribution < 1.29 is 13.2 Å². The highest BCUT2D eigenvalue weighted by atomic mass is 32.2. The zero-order valence-electron chi connectivity index (χ0n) is 13.7. The van der Waals surface area contributed by atoms with Crippen molar-refractivity contribution in [3.63, 3.8) is 0 Å². The molecule has 0 radical (unpaired) electrons. The number of hydrogen-bond donors (Lipinski definition) is 0. The number of hydrogen-bond acceptors (Lipinski definition) is 5. The summed E-state index contributed by atoms with van der Waals surface area (Å²) >= 11 is 0. The molecular formula is C17H24N2O3S. The lowest BCUT2D eigenvalue weighted by Crippen LogP contribution is -2.42. The van der Waals surface area contributed by atoms with Gasteiger partial charge >= 0.3 is 0 Å². The highest BCUT2D eigenvalue weighted by Crippen LogP contribution is 2.28. The molecule has 0 amide bonds. The Kier molecular flexibility index (Phi) is 6.03. The maximum atomic E-state index is 11.8. The third-order valence-corrected chi connectivity index (χ3v) is 6.07. The molecule has 0 spiro atoms. The SMILES string of the molecule is CN(CCCOc1cccc(C#N)c1)[C@H]1CCC[C@@H]1S(C)(=O)=O. The van der Waals surface area contributed by atoms with Crippen LogP contribution >= 0.6 is 0 Å². The minimum atomic E-state index is -2.98. The molecule has 0 aliphatic heterocycles. The van der Waals surface area contributed by atoms with Crippen LogP contribution in [0.3, 0.4) is 0 Å². The van der Waals surface area contributed by atoms with Crippen molar-refractivity contribution in [1.82, 2.24) is 4.90 Å². The van der Waals surface area contributed by atoms with E-state index < -0.39 is 9.84 Å². The smallest absolute Gasteiger partial charge is 0.151 e. The van der Waals surface area contributed by atoms with Gasteiger partial charge in [-0.15, -0.1) is 0 Å². The fourth-order valence-corrected chi connectivity index (χ4v) is 4.74. The standard InChI is InChI=1S/C17H24N2O3S/c1-19(16-8-4-9-17(16)23(2,20)21)10-5-11-22-15-7-3-6-14(12-15)13-18/h3,6-7,12,16-17H,4-5,8-11H2,1-2H3/t16-,17-/m0/s1. The molecule has 0 unspecified atom stereocenters. The van der Waals surface area contributed by atoms with Crippen LogP contribution < -0.4 is 4.74 Å². The normalized spacial score (nSPS) is 21.3. The summed E-state index contributed by atoms with van der Waals surface area (Å²) in [6.07, 6.45) is 4.85. The quantitative estimate of drug-likeness (QED) is 0.714. The Hall–Kier alpha value is -1.58. The van der Waals surface area contributed by atoms with Crippen LogP contribution in [0.1, 0.15) is 31.2 Å². The van der Waals surface area contributed by atoms with Crippen LogP contribution in [-0.2, 0) is 9.84 Å². The Labute approximate surface area is 138 Å². The third-order valence-electron chi connectivity index (χ3n) is 4.42. The van der Waals surface area contributed by atoms with Crippen molar-refractivity contribution in [2.24, 2.45) is 0 Å². The van der Waals surface area contributed by atoms with Crippen molar-refractivity contribution in [1.29, 1.82) is 5.26 Å². The van der Waals surface area contributed by atoms with Gasteiger partial charge in [-0.3, -0.25) is 0 Å². The Bertz CT molecular complexity index is 667. The average Bonchev–Trinajstić information content (AvgIpc) is 3.01. The van der Waals surface area contributed by atoms with Crippen LogP contribution in [0.15, 0.2) is 24.3 Å². The fourth-order valence-electron chi connectivity index (χ4n) is 3.24. The van der Waals surface area contributed by atoms with Crippen molar-refractivity contribution in [2.45, 2.75) is 37.0 Å². The molecule has 1 aliphatic rings. The predicted octanol–water partition coefficient (Wildman–Crippen LogP) is 2.22. The lowest BCUT2D eigenvalue weighted by atomic mass is 10.2. The van der Waals surface area contributed by atoms with Gasteiger partial charge in [0.15, 0.2) is 9.84 Å². The average molecular weight is 336 g/mol. The summed E-state index contributed by atoms with van der Waals surface area (Å²) in [5.74, 6) is 0.696. The van der Waals surface area contributed by atoms with Gasteiger partial charge in [0.25, 0.3) is 0 Å². The number of benzene rings is 1. The van der Waals surface area contributed by atoms with Crippen molar-refractivity contribution >= 4 is 9.84 Å². The van der Waals surface area contributed by atoms with Crippen LogP contribution in [0.5, 0.6) is 5.75 Å². The van der Waals surface area contributed by atoms with E-state index in [0.717, 1.165) is 32.2 Å². The highest BCUT2D eigenvalue weighted by molar-refractivity contribution is 7.91. The highest BCUT2D eigenvalue weighted by Gasteiger charge is 2.36. The Morgan fingerprint density at radius 2 is 2.17 bits per heavy atom. The lowest BCUT2D eigenvalue weighted by Gasteiger charge is -2.28. The minimum absolute atomic E-state index is 0.118. The number of ether oxygens (including phenoxy) is 1. The van der Waals surface area contributed by atoms with E-state index in [1.165, 1.54) is 6.26 Å². The van der Waals surface area contributed by atoms with Gasteiger partial charge in [-0.2, -0.15) is 5.26 Å². The molecule has 0 saturated heterocycles. The molecule has 0 aromatic heterocycles. The molecule has 1 aromatic carbocycles. The first kappa shape index (κ1) is 17.8. The zero-order chi connectivity index (χ0) is 16.9. The summed E-state index contributed by atoms with van der Waals surface area (Å²) in [5, 5.41) is 8.62. The number of nitriles is 1. The van der Waals surface area contributed by atoms with Gasteiger partial charge in [-0.1, -0.05) is 12.5 Å². The summed E-state index contributed by atoms with van der Waals surface area (Å²) in [6, 6.07) is 9.30. The summed E-state index contributed by atoms with van der Waals surface area (Å²) in [6.45, 7) is 1.35. The van der Waals surface area contributed by atoms with Crippen molar-refractivity contribution in [3.05, 3.63) is 29.8 Å². The van der Waals surface area contributed by atoms with Crippen LogP contribution in [0.2, 0.25) is 0 Å². The molecule has 1 saturated carbocycles. The van der Waals surface area contributed by atoms with Gasteiger partial charge in [-0.25, -0.2) is 8.42 Å². The van der Waals surface area contributed by atoms with Gasteiger partial charge in [0, 0.05) is 18.8 Å². The molecule has 2 rings (SSSR count). The van der Waals surface area contributed by atoms with Gasteiger partial charge in [-0.05, 0) is 44.5 Å². The monoisotopic (exact) mass is 336 g/mol. The second-order valence-electron chi connectivity index (χ2n) is 6.19. The second-order valence-corrected chi connectivity index (χ2v) is 8.45. The molecule has 5 nitrogen and oxygen atoms in total. The van der Waals surface area contributed by atoms with Gasteiger partial charge in [0.1, 0.15) is 5.75 Å². The van der Waals surface area contributed by atoms with E-state index in [2.05, 4.69) is 11.0 Å². The van der Waals surface area contributed by atoms with Gasteiger partial charge in [0.05, 0.1) is 23.5 Å². The summed E-state index contributed by atoms with van der Waals surface area (Å²) < 4.78 is 29.4. The fraction of sp³-hybridized carbons (Fsp3) is 0.588. The topological polar surface area (TPSA) is 70.4 Å². The molecule has 1 aromatic rings. The van der Waals surface area contributed by atoms with Gasteiger partial charge < -0.3 is 9.64 Å². The summed E-state index contributed by atoms with van der Waals surface area (Å²) in [4.78, 5) is 2.15. The maximum Gasteiger partial charge on any atom is 0.151 e. The maximum absolute atomic E-state index is 11.8. The second kappa shape index (κ2) is 7.80. The molecule has 0 N–H and O–H groups in total. The van der Waals surface area contributed by atoms with Crippen molar-refractivity contribution in [2.75, 3.05) is 26.5 Å². The molecule has 126 valence electrons. The molecule has 6 heteroatoms. The van der Waals surface area contributed by atoms with E-state index >= 15 is 0 Å². The summed E-state index contributed by atoms with van der Waals surface area (Å²) in [7, 11) is -0.991. The molecule has 2 atom stereocenters. The van der Waals surface area contributed by atoms with Crippen LogP contribution in [0.25, 0.3) is 0 Å². The predicted molar refractivity (Wildman–Crippen MR) is 90.2 cm³/mol. The molecule has 0 bridgehead atoms. The van der Waals surface area contributed by atoms with Crippen LogP contribution in [0, 0.1) is 11.3 Å². The van der Waals surface area contributed by atoms with Crippen LogP contribution in [-0.4, -0.2) is 51.1 Å². The minimum Gasteiger partial charge on any atom is -0.494 e. The third kappa shape index (κ3) is 4.95. The van der Waals surface area contributed by atoms with E-state index in [1.807, 2.05) is 13.1 Å². The van der Waals surface area contributed by atoms with Crippen molar-refractivity contribution in [3.8, 4) is 11.8 Å². The molecule has 0 heterocycles. The Balaban J connectivity index is 1.78. The lowest BCUT2D eigenvalue weighted by molar-refractivity contribution is 0.217. The first-order valence-electron chi connectivity index (χ1n) is 7.94. The van der Waals surface area contributed by atoms with Crippen LogP contribution in [0.4, 0.5) is 0 Å². The zero-order valence-corrected chi connectivity index (χ0v) is 14.6. The van der Waals surface area contributed by atoms with E-state index in [-0.39, 0.29) is 11.3 Å². The van der Waals surface area contributed by atoms with E-state index in [9.17, 15) is 8.42 Å². The first-order chi connectivity index (χ1) is 10.9. The van der Waals surface area contributed by atoms with Gasteiger partial charge in [0.2, 0.25) is 0 Å². The Morgan fingerprint density at radius 1 is 1.39 bits per heavy atom.